The standard InChI is InChI=1S/C17H22Cl2N2O2/c1-12(22)21(16-11-14(18)7-8-15(16)19)10-9-20-17(23)13-5-3-2-4-6-13/h7-8,11,13H,2-6,9-10H2,1H3,(H,20,23). The van der Waals surface area contributed by atoms with Crippen LogP contribution in [0.15, 0.2) is 18.2 Å². The summed E-state index contributed by atoms with van der Waals surface area (Å²) in [5.74, 6) is 0.0655. The van der Waals surface area contributed by atoms with Crippen LogP contribution in [0.1, 0.15) is 39.0 Å². The van der Waals surface area contributed by atoms with Crippen molar-refractivity contribution in [2.75, 3.05) is 18.0 Å². The fourth-order valence-corrected chi connectivity index (χ4v) is 3.33. The van der Waals surface area contributed by atoms with Crippen LogP contribution in [0.3, 0.4) is 0 Å². The highest BCUT2D eigenvalue weighted by Crippen LogP contribution is 2.29. The van der Waals surface area contributed by atoms with Crippen molar-refractivity contribution in [3.8, 4) is 0 Å². The average molecular weight is 357 g/mol. The molecule has 0 unspecified atom stereocenters. The summed E-state index contributed by atoms with van der Waals surface area (Å²) in [5.41, 5.74) is 0.568. The summed E-state index contributed by atoms with van der Waals surface area (Å²) in [6, 6.07) is 5.00. The van der Waals surface area contributed by atoms with Gasteiger partial charge in [-0.25, -0.2) is 0 Å². The van der Waals surface area contributed by atoms with E-state index in [1.807, 2.05) is 0 Å². The Hall–Kier alpha value is -1.26. The van der Waals surface area contributed by atoms with Crippen molar-refractivity contribution in [1.82, 2.24) is 5.32 Å². The number of amides is 2. The van der Waals surface area contributed by atoms with Crippen LogP contribution < -0.4 is 10.2 Å². The zero-order valence-electron chi connectivity index (χ0n) is 13.3. The number of halogens is 2. The summed E-state index contributed by atoms with van der Waals surface area (Å²) in [7, 11) is 0. The van der Waals surface area contributed by atoms with Crippen LogP contribution in [0.4, 0.5) is 5.69 Å². The van der Waals surface area contributed by atoms with Gasteiger partial charge in [0.15, 0.2) is 0 Å². The maximum Gasteiger partial charge on any atom is 0.223 e. The topological polar surface area (TPSA) is 49.4 Å². The first-order valence-corrected chi connectivity index (χ1v) is 8.75. The predicted molar refractivity (Wildman–Crippen MR) is 94.1 cm³/mol. The molecule has 1 aromatic rings. The van der Waals surface area contributed by atoms with Gasteiger partial charge >= 0.3 is 0 Å². The minimum atomic E-state index is -0.138. The van der Waals surface area contributed by atoms with Gasteiger partial charge in [0.2, 0.25) is 11.8 Å². The summed E-state index contributed by atoms with van der Waals surface area (Å²) < 4.78 is 0. The number of rotatable bonds is 5. The zero-order chi connectivity index (χ0) is 16.8. The van der Waals surface area contributed by atoms with E-state index in [0.717, 1.165) is 25.7 Å². The second-order valence-corrected chi connectivity index (χ2v) is 6.74. The Labute approximate surface area is 147 Å². The molecule has 126 valence electrons. The van der Waals surface area contributed by atoms with Gasteiger partial charge < -0.3 is 10.2 Å². The Morgan fingerprint density at radius 2 is 1.91 bits per heavy atom. The van der Waals surface area contributed by atoms with Crippen molar-refractivity contribution in [3.63, 3.8) is 0 Å². The number of nitrogens with one attached hydrogen (secondary N) is 1. The van der Waals surface area contributed by atoms with E-state index >= 15 is 0 Å². The molecular weight excluding hydrogens is 335 g/mol. The van der Waals surface area contributed by atoms with Gasteiger partial charge in [0.1, 0.15) is 0 Å². The van der Waals surface area contributed by atoms with Gasteiger partial charge in [-0.3, -0.25) is 9.59 Å². The van der Waals surface area contributed by atoms with Crippen LogP contribution in [0, 0.1) is 5.92 Å². The fourth-order valence-electron chi connectivity index (χ4n) is 2.94. The predicted octanol–water partition coefficient (Wildman–Crippen LogP) is 4.04. The molecule has 23 heavy (non-hydrogen) atoms. The SMILES string of the molecule is CC(=O)N(CCNC(=O)C1CCCCC1)c1cc(Cl)ccc1Cl. The third-order valence-corrected chi connectivity index (χ3v) is 4.74. The van der Waals surface area contributed by atoms with Gasteiger partial charge in [0.05, 0.1) is 10.7 Å². The molecule has 0 radical (unpaired) electrons. The van der Waals surface area contributed by atoms with Crippen molar-refractivity contribution >= 4 is 40.7 Å². The van der Waals surface area contributed by atoms with E-state index in [0.29, 0.717) is 28.8 Å². The highest BCUT2D eigenvalue weighted by molar-refractivity contribution is 6.35. The van der Waals surface area contributed by atoms with E-state index in [1.165, 1.54) is 18.2 Å². The lowest BCUT2D eigenvalue weighted by Crippen LogP contribution is -2.40. The first kappa shape index (κ1) is 18.1. The summed E-state index contributed by atoms with van der Waals surface area (Å²) in [6.45, 7) is 2.24. The van der Waals surface area contributed by atoms with Crippen molar-refractivity contribution in [3.05, 3.63) is 28.2 Å². The molecule has 1 saturated carbocycles. The second kappa shape index (κ2) is 8.55. The maximum absolute atomic E-state index is 12.1. The Bertz CT molecular complexity index is 572. The van der Waals surface area contributed by atoms with E-state index < -0.39 is 0 Å². The average Bonchev–Trinajstić information content (AvgIpc) is 2.54. The molecule has 1 aliphatic carbocycles. The third kappa shape index (κ3) is 5.11. The highest BCUT2D eigenvalue weighted by atomic mass is 35.5. The van der Waals surface area contributed by atoms with Gasteiger partial charge in [-0.15, -0.1) is 0 Å². The van der Waals surface area contributed by atoms with Crippen LogP contribution >= 0.6 is 23.2 Å². The molecule has 0 atom stereocenters. The van der Waals surface area contributed by atoms with Crippen LogP contribution in [0.5, 0.6) is 0 Å². The molecule has 0 aromatic heterocycles. The number of carbonyl (C=O) groups excluding carboxylic acids is 2. The van der Waals surface area contributed by atoms with E-state index in [9.17, 15) is 9.59 Å². The van der Waals surface area contributed by atoms with E-state index in [2.05, 4.69) is 5.32 Å². The molecular formula is C17H22Cl2N2O2. The molecule has 0 bridgehead atoms. The van der Waals surface area contributed by atoms with E-state index in [4.69, 9.17) is 23.2 Å². The first-order chi connectivity index (χ1) is 11.0. The number of anilines is 1. The zero-order valence-corrected chi connectivity index (χ0v) is 14.8. The van der Waals surface area contributed by atoms with Crippen molar-refractivity contribution in [1.29, 1.82) is 0 Å². The highest BCUT2D eigenvalue weighted by Gasteiger charge is 2.21. The molecule has 4 nitrogen and oxygen atoms in total. The monoisotopic (exact) mass is 356 g/mol. The van der Waals surface area contributed by atoms with Gasteiger partial charge in [-0.05, 0) is 31.0 Å². The molecule has 2 rings (SSSR count). The first-order valence-electron chi connectivity index (χ1n) is 8.00. The second-order valence-electron chi connectivity index (χ2n) is 5.89. The van der Waals surface area contributed by atoms with Crippen LogP contribution in [0.25, 0.3) is 0 Å². The van der Waals surface area contributed by atoms with Crippen molar-refractivity contribution < 1.29 is 9.59 Å². The van der Waals surface area contributed by atoms with Gasteiger partial charge in [-0.1, -0.05) is 42.5 Å². The Morgan fingerprint density at radius 1 is 1.22 bits per heavy atom. The molecule has 1 fully saturated rings. The van der Waals surface area contributed by atoms with E-state index in [-0.39, 0.29) is 17.7 Å². The van der Waals surface area contributed by atoms with Gasteiger partial charge in [-0.2, -0.15) is 0 Å². The smallest absolute Gasteiger partial charge is 0.223 e. The molecule has 1 aromatic carbocycles. The molecule has 1 aliphatic rings. The van der Waals surface area contributed by atoms with E-state index in [1.54, 1.807) is 18.2 Å². The minimum absolute atomic E-state index is 0.0883. The van der Waals surface area contributed by atoms with Gasteiger partial charge in [0.25, 0.3) is 0 Å². The molecule has 0 spiro atoms. The summed E-state index contributed by atoms with van der Waals surface area (Å²) in [4.78, 5) is 25.6. The lowest BCUT2D eigenvalue weighted by Gasteiger charge is -2.24. The lowest BCUT2D eigenvalue weighted by atomic mass is 9.89. The van der Waals surface area contributed by atoms with Crippen LogP contribution in [-0.2, 0) is 9.59 Å². The largest absolute Gasteiger partial charge is 0.354 e. The molecule has 0 aliphatic heterocycles. The van der Waals surface area contributed by atoms with Crippen molar-refractivity contribution in [2.24, 2.45) is 5.92 Å². The fraction of sp³-hybridized carbons (Fsp3) is 0.529. The summed E-state index contributed by atoms with van der Waals surface area (Å²) >= 11 is 12.1. The van der Waals surface area contributed by atoms with Gasteiger partial charge in [0, 0.05) is 31.0 Å². The van der Waals surface area contributed by atoms with Crippen molar-refractivity contribution in [2.45, 2.75) is 39.0 Å². The Kier molecular flexibility index (Phi) is 6.72. The molecule has 1 N–H and O–H groups in total. The molecule has 0 saturated heterocycles. The van der Waals surface area contributed by atoms with Crippen LogP contribution in [0.2, 0.25) is 10.0 Å². The van der Waals surface area contributed by atoms with Crippen LogP contribution in [-0.4, -0.2) is 24.9 Å². The third-order valence-electron chi connectivity index (χ3n) is 4.19. The number of hydrogen-bond acceptors (Lipinski definition) is 2. The Morgan fingerprint density at radius 3 is 2.57 bits per heavy atom. The number of carbonyl (C=O) groups is 2. The minimum Gasteiger partial charge on any atom is -0.354 e. The maximum atomic E-state index is 12.1. The number of benzene rings is 1. The number of hydrogen-bond donors (Lipinski definition) is 1. The molecule has 0 heterocycles. The molecule has 6 heteroatoms. The Balaban J connectivity index is 1.93. The summed E-state index contributed by atoms with van der Waals surface area (Å²) in [6.07, 6.45) is 5.38. The lowest BCUT2D eigenvalue weighted by molar-refractivity contribution is -0.126. The molecule has 2 amide bonds. The quantitative estimate of drug-likeness (QED) is 0.865. The number of nitrogens with zero attached hydrogens (tertiary/aromatic N) is 1. The summed E-state index contributed by atoms with van der Waals surface area (Å²) in [5, 5.41) is 3.91. The normalized spacial score (nSPS) is 15.3.